The van der Waals surface area contributed by atoms with E-state index in [2.05, 4.69) is 86.1 Å². The van der Waals surface area contributed by atoms with Crippen molar-refractivity contribution in [2.75, 3.05) is 0 Å². The van der Waals surface area contributed by atoms with Crippen molar-refractivity contribution in [1.82, 2.24) is 0 Å². The van der Waals surface area contributed by atoms with E-state index in [1.807, 2.05) is 0 Å². The van der Waals surface area contributed by atoms with Crippen molar-refractivity contribution in [3.63, 3.8) is 0 Å². The summed E-state index contributed by atoms with van der Waals surface area (Å²) in [5.74, 6) is 15.1. The molecule has 1 aliphatic rings. The molecule has 0 aliphatic heterocycles. The highest BCUT2D eigenvalue weighted by molar-refractivity contribution is 5.46. The van der Waals surface area contributed by atoms with E-state index < -0.39 is 0 Å². The molecular weight excluding hydrogens is 384 g/mol. The molecule has 0 nitrogen and oxygen atoms in total. The van der Waals surface area contributed by atoms with E-state index in [1.165, 1.54) is 76.2 Å². The minimum absolute atomic E-state index is 0.937. The third kappa shape index (κ3) is 8.60. The molecule has 1 fully saturated rings. The van der Waals surface area contributed by atoms with Gasteiger partial charge < -0.3 is 0 Å². The summed E-state index contributed by atoms with van der Waals surface area (Å²) in [5.41, 5.74) is 4.67. The van der Waals surface area contributed by atoms with E-state index in [-0.39, 0.29) is 0 Å². The standard InChI is InChI=1S/C32H40/c1-3-5-6-7-8-10-28-13-17-30(18-14-28)20-22-32-25-23-31(24-26-32)21-19-29-15-11-27(9-4-2)12-16-29/h13-14,17-18,23-27,29H,3-7,9,11-12,15-16,19,21H2,1-2H3/t27-,29-. The van der Waals surface area contributed by atoms with Gasteiger partial charge in [0.1, 0.15) is 0 Å². The van der Waals surface area contributed by atoms with Crippen LogP contribution in [0.15, 0.2) is 48.5 Å². The predicted molar refractivity (Wildman–Crippen MR) is 139 cm³/mol. The number of aryl methyl sites for hydroxylation is 1. The highest BCUT2D eigenvalue weighted by Crippen LogP contribution is 2.33. The van der Waals surface area contributed by atoms with Crippen LogP contribution in [0, 0.1) is 35.5 Å². The molecule has 2 aromatic carbocycles. The Kier molecular flexibility index (Phi) is 10.5. The van der Waals surface area contributed by atoms with Crippen LogP contribution in [0.4, 0.5) is 0 Å². The van der Waals surface area contributed by atoms with Crippen molar-refractivity contribution < 1.29 is 0 Å². The molecule has 0 N–H and O–H groups in total. The summed E-state index contributed by atoms with van der Waals surface area (Å²) in [7, 11) is 0. The highest BCUT2D eigenvalue weighted by atomic mass is 14.3. The van der Waals surface area contributed by atoms with Gasteiger partial charge in [-0.1, -0.05) is 101 Å². The molecule has 0 unspecified atom stereocenters. The summed E-state index contributed by atoms with van der Waals surface area (Å²) < 4.78 is 0. The minimum Gasteiger partial charge on any atom is -0.0979 e. The van der Waals surface area contributed by atoms with Gasteiger partial charge in [0.15, 0.2) is 0 Å². The third-order valence-corrected chi connectivity index (χ3v) is 6.83. The second-order valence-corrected chi connectivity index (χ2v) is 9.50. The molecule has 0 heterocycles. The van der Waals surface area contributed by atoms with Gasteiger partial charge in [-0.15, -0.1) is 0 Å². The molecule has 168 valence electrons. The monoisotopic (exact) mass is 424 g/mol. The van der Waals surface area contributed by atoms with Gasteiger partial charge in [0.25, 0.3) is 0 Å². The van der Waals surface area contributed by atoms with Gasteiger partial charge in [-0.3, -0.25) is 0 Å². The van der Waals surface area contributed by atoms with Crippen LogP contribution in [0.5, 0.6) is 0 Å². The van der Waals surface area contributed by atoms with Crippen molar-refractivity contribution in [3.8, 4) is 23.7 Å². The van der Waals surface area contributed by atoms with Crippen molar-refractivity contribution in [2.45, 2.75) is 90.9 Å². The summed E-state index contributed by atoms with van der Waals surface area (Å²) in [4.78, 5) is 0. The van der Waals surface area contributed by atoms with E-state index >= 15 is 0 Å². The van der Waals surface area contributed by atoms with Crippen LogP contribution in [0.1, 0.15) is 107 Å². The Hall–Kier alpha value is -2.44. The fourth-order valence-corrected chi connectivity index (χ4v) is 4.75. The second kappa shape index (κ2) is 13.9. The largest absolute Gasteiger partial charge is 0.0979 e. The molecule has 0 amide bonds. The fourth-order valence-electron chi connectivity index (χ4n) is 4.75. The van der Waals surface area contributed by atoms with Crippen LogP contribution in [-0.4, -0.2) is 0 Å². The Bertz CT molecular complexity index is 900. The maximum absolute atomic E-state index is 3.31. The van der Waals surface area contributed by atoms with Gasteiger partial charge in [0, 0.05) is 23.1 Å². The van der Waals surface area contributed by atoms with Gasteiger partial charge in [-0.25, -0.2) is 0 Å². The number of hydrogen-bond donors (Lipinski definition) is 0. The SMILES string of the molecule is CCCCCC#Cc1ccc(C#Cc2ccc(CC[C@H]3CC[C@H](CCC)CC3)cc2)cc1. The number of rotatable bonds is 8. The second-order valence-electron chi connectivity index (χ2n) is 9.50. The van der Waals surface area contributed by atoms with Crippen LogP contribution in [-0.2, 0) is 6.42 Å². The van der Waals surface area contributed by atoms with Gasteiger partial charge in [-0.2, -0.15) is 0 Å². The summed E-state index contributed by atoms with van der Waals surface area (Å²) in [6.07, 6.45) is 15.8. The Balaban J connectivity index is 1.44. The zero-order valence-corrected chi connectivity index (χ0v) is 20.3. The third-order valence-electron chi connectivity index (χ3n) is 6.83. The van der Waals surface area contributed by atoms with Gasteiger partial charge in [-0.05, 0) is 73.1 Å². The predicted octanol–water partition coefficient (Wildman–Crippen LogP) is 8.56. The summed E-state index contributed by atoms with van der Waals surface area (Å²) in [6, 6.07) is 17.2. The van der Waals surface area contributed by atoms with E-state index in [0.717, 1.165) is 34.9 Å². The van der Waals surface area contributed by atoms with E-state index in [1.54, 1.807) is 0 Å². The molecule has 3 rings (SSSR count). The topological polar surface area (TPSA) is 0 Å². The maximum atomic E-state index is 3.31. The van der Waals surface area contributed by atoms with E-state index in [0.29, 0.717) is 0 Å². The summed E-state index contributed by atoms with van der Waals surface area (Å²) >= 11 is 0. The van der Waals surface area contributed by atoms with Crippen LogP contribution < -0.4 is 0 Å². The number of benzene rings is 2. The highest BCUT2D eigenvalue weighted by Gasteiger charge is 2.20. The van der Waals surface area contributed by atoms with E-state index in [9.17, 15) is 0 Å². The molecule has 2 aromatic rings. The lowest BCUT2D eigenvalue weighted by Crippen LogP contribution is -2.15. The average molecular weight is 425 g/mol. The fraction of sp³-hybridized carbons (Fsp3) is 0.500. The Labute approximate surface area is 197 Å². The Morgan fingerprint density at radius 1 is 0.625 bits per heavy atom. The molecule has 0 atom stereocenters. The first kappa shape index (κ1) is 24.2. The van der Waals surface area contributed by atoms with Crippen molar-refractivity contribution in [3.05, 3.63) is 70.8 Å². The normalized spacial score (nSPS) is 17.7. The quantitative estimate of drug-likeness (QED) is 0.294. The van der Waals surface area contributed by atoms with Gasteiger partial charge in [0.2, 0.25) is 0 Å². The van der Waals surface area contributed by atoms with Crippen LogP contribution >= 0.6 is 0 Å². The molecule has 32 heavy (non-hydrogen) atoms. The molecule has 0 spiro atoms. The summed E-state index contributed by atoms with van der Waals surface area (Å²) in [5, 5.41) is 0. The van der Waals surface area contributed by atoms with Crippen molar-refractivity contribution >= 4 is 0 Å². The van der Waals surface area contributed by atoms with Crippen LogP contribution in [0.3, 0.4) is 0 Å². The Morgan fingerprint density at radius 2 is 1.16 bits per heavy atom. The lowest BCUT2D eigenvalue weighted by molar-refractivity contribution is 0.252. The number of unbranched alkanes of at least 4 members (excludes halogenated alkanes) is 3. The molecule has 0 bridgehead atoms. The van der Waals surface area contributed by atoms with Gasteiger partial charge in [0.05, 0.1) is 0 Å². The lowest BCUT2D eigenvalue weighted by Gasteiger charge is -2.28. The Morgan fingerprint density at radius 3 is 1.72 bits per heavy atom. The van der Waals surface area contributed by atoms with Gasteiger partial charge >= 0.3 is 0 Å². The van der Waals surface area contributed by atoms with Crippen molar-refractivity contribution in [2.24, 2.45) is 11.8 Å². The maximum Gasteiger partial charge on any atom is 0.0249 e. The minimum atomic E-state index is 0.937. The first-order valence-electron chi connectivity index (χ1n) is 13.0. The molecule has 1 saturated carbocycles. The lowest BCUT2D eigenvalue weighted by atomic mass is 9.78. The molecule has 0 radical (unpaired) electrons. The average Bonchev–Trinajstić information content (AvgIpc) is 2.84. The molecule has 0 saturated heterocycles. The first-order valence-corrected chi connectivity index (χ1v) is 13.0. The number of hydrogen-bond acceptors (Lipinski definition) is 0. The van der Waals surface area contributed by atoms with Crippen LogP contribution in [0.25, 0.3) is 0 Å². The first-order chi connectivity index (χ1) is 15.8. The molecular formula is C32H40. The van der Waals surface area contributed by atoms with Crippen molar-refractivity contribution in [1.29, 1.82) is 0 Å². The zero-order valence-electron chi connectivity index (χ0n) is 20.3. The molecule has 1 aliphatic carbocycles. The van der Waals surface area contributed by atoms with Crippen LogP contribution in [0.2, 0.25) is 0 Å². The van der Waals surface area contributed by atoms with E-state index in [4.69, 9.17) is 0 Å². The molecule has 0 heteroatoms. The summed E-state index contributed by atoms with van der Waals surface area (Å²) in [6.45, 7) is 4.55. The smallest absolute Gasteiger partial charge is 0.0249 e. The molecule has 0 aromatic heterocycles. The zero-order chi connectivity index (χ0) is 22.4.